The maximum atomic E-state index is 12.5. The largest absolute Gasteiger partial charge is 0.481 e. The number of nitro benzene ring substituents is 1. The van der Waals surface area contributed by atoms with E-state index in [-0.39, 0.29) is 29.4 Å². The lowest BCUT2D eigenvalue weighted by atomic mass is 9.84. The zero-order valence-corrected chi connectivity index (χ0v) is 14.6. The van der Waals surface area contributed by atoms with Crippen molar-refractivity contribution >= 4 is 23.3 Å². The third-order valence-electron chi connectivity index (χ3n) is 4.87. The summed E-state index contributed by atoms with van der Waals surface area (Å²) >= 11 is 0. The van der Waals surface area contributed by atoms with E-state index in [0.717, 1.165) is 38.2 Å². The van der Waals surface area contributed by atoms with Gasteiger partial charge in [-0.25, -0.2) is 0 Å². The van der Waals surface area contributed by atoms with Gasteiger partial charge in [-0.15, -0.1) is 0 Å². The molecule has 1 atom stereocenters. The second kappa shape index (κ2) is 9.17. The molecule has 4 N–H and O–H groups in total. The number of benzene rings is 1. The van der Waals surface area contributed by atoms with Crippen LogP contribution in [-0.4, -0.2) is 27.9 Å². The highest BCUT2D eigenvalue weighted by molar-refractivity contribution is 5.95. The number of nitrogens with zero attached hydrogens (tertiary/aromatic N) is 1. The molecule has 0 spiro atoms. The predicted octanol–water partition coefficient (Wildman–Crippen LogP) is 3.11. The number of nitrogens with one attached hydrogen (secondary N) is 1. The second-order valence-electron chi connectivity index (χ2n) is 6.87. The Labute approximate surface area is 151 Å². The molecular weight excluding hydrogens is 338 g/mol. The average Bonchev–Trinajstić information content (AvgIpc) is 2.60. The monoisotopic (exact) mass is 363 g/mol. The normalized spacial score (nSPS) is 16.0. The van der Waals surface area contributed by atoms with Crippen LogP contribution in [-0.2, 0) is 4.79 Å². The minimum absolute atomic E-state index is 0.00353. The van der Waals surface area contributed by atoms with Crippen LogP contribution >= 0.6 is 0 Å². The molecule has 0 bridgehead atoms. The number of nitrogen functional groups attached to an aromatic ring is 1. The summed E-state index contributed by atoms with van der Waals surface area (Å²) in [7, 11) is 0. The molecule has 0 aliphatic heterocycles. The molecule has 0 saturated heterocycles. The number of hydrogen-bond donors (Lipinski definition) is 3. The third kappa shape index (κ3) is 5.72. The highest BCUT2D eigenvalue weighted by Gasteiger charge is 2.23. The van der Waals surface area contributed by atoms with Crippen molar-refractivity contribution in [3.8, 4) is 0 Å². The summed E-state index contributed by atoms with van der Waals surface area (Å²) in [5, 5.41) is 22.8. The molecular formula is C18H25N3O5. The number of nitrogens with two attached hydrogens (primary N) is 1. The van der Waals surface area contributed by atoms with Gasteiger partial charge < -0.3 is 16.2 Å². The summed E-state index contributed by atoms with van der Waals surface area (Å²) in [5.41, 5.74) is 5.39. The van der Waals surface area contributed by atoms with E-state index in [4.69, 9.17) is 10.8 Å². The second-order valence-corrected chi connectivity index (χ2v) is 6.87. The zero-order chi connectivity index (χ0) is 19.1. The summed E-state index contributed by atoms with van der Waals surface area (Å²) in [6.45, 7) is 0. The Balaban J connectivity index is 2.07. The van der Waals surface area contributed by atoms with Gasteiger partial charge in [0.1, 0.15) is 5.69 Å². The number of anilines is 1. The number of carbonyl (C=O) groups is 2. The third-order valence-corrected chi connectivity index (χ3v) is 4.87. The molecule has 8 nitrogen and oxygen atoms in total. The van der Waals surface area contributed by atoms with Gasteiger partial charge in [0, 0.05) is 24.1 Å². The van der Waals surface area contributed by atoms with Crippen molar-refractivity contribution < 1.29 is 19.6 Å². The number of hydrogen-bond acceptors (Lipinski definition) is 5. The van der Waals surface area contributed by atoms with E-state index in [1.807, 2.05) is 0 Å². The lowest BCUT2D eigenvalue weighted by Crippen LogP contribution is -2.37. The first-order valence-corrected chi connectivity index (χ1v) is 8.93. The van der Waals surface area contributed by atoms with Crippen LogP contribution in [0.5, 0.6) is 0 Å². The predicted molar refractivity (Wildman–Crippen MR) is 96.8 cm³/mol. The summed E-state index contributed by atoms with van der Waals surface area (Å²) < 4.78 is 0. The highest BCUT2D eigenvalue weighted by atomic mass is 16.6. The van der Waals surface area contributed by atoms with Crippen molar-refractivity contribution in [3.05, 3.63) is 33.9 Å². The van der Waals surface area contributed by atoms with E-state index in [1.54, 1.807) is 0 Å². The standard InChI is InChI=1S/C18H25N3O5/c19-15-8-6-13(11-16(15)21(25)26)18(24)20-14(7-9-17(22)23)10-12-4-2-1-3-5-12/h6,8,11-12,14H,1-5,7,9-10,19H2,(H,20,24)(H,22,23). The number of aliphatic carboxylic acids is 1. The van der Waals surface area contributed by atoms with Crippen LogP contribution in [0.1, 0.15) is 61.7 Å². The topological polar surface area (TPSA) is 136 Å². The fraction of sp³-hybridized carbons (Fsp3) is 0.556. The summed E-state index contributed by atoms with van der Waals surface area (Å²) in [5.74, 6) is -0.876. The van der Waals surface area contributed by atoms with Gasteiger partial charge in [-0.2, -0.15) is 0 Å². The van der Waals surface area contributed by atoms with Crippen LogP contribution in [0.25, 0.3) is 0 Å². The molecule has 1 fully saturated rings. The van der Waals surface area contributed by atoms with Crippen molar-refractivity contribution in [1.29, 1.82) is 0 Å². The van der Waals surface area contributed by atoms with Gasteiger partial charge in [-0.3, -0.25) is 19.7 Å². The average molecular weight is 363 g/mol. The van der Waals surface area contributed by atoms with E-state index >= 15 is 0 Å². The number of carboxylic acids is 1. The van der Waals surface area contributed by atoms with Crippen molar-refractivity contribution in [2.75, 3.05) is 5.73 Å². The molecule has 1 amide bonds. The van der Waals surface area contributed by atoms with Gasteiger partial charge in [0.05, 0.1) is 4.92 Å². The number of carbonyl (C=O) groups excluding carboxylic acids is 1. The first kappa shape index (κ1) is 19.7. The Morgan fingerprint density at radius 1 is 1.31 bits per heavy atom. The first-order chi connectivity index (χ1) is 12.4. The van der Waals surface area contributed by atoms with Gasteiger partial charge in [-0.05, 0) is 30.9 Å². The van der Waals surface area contributed by atoms with Crippen LogP contribution in [0, 0.1) is 16.0 Å². The van der Waals surface area contributed by atoms with Crippen LogP contribution in [0.2, 0.25) is 0 Å². The number of carboxylic acid groups (broad SMARTS) is 1. The Bertz CT molecular complexity index is 671. The Morgan fingerprint density at radius 2 is 2.00 bits per heavy atom. The van der Waals surface area contributed by atoms with E-state index in [9.17, 15) is 19.7 Å². The lowest BCUT2D eigenvalue weighted by molar-refractivity contribution is -0.383. The summed E-state index contributed by atoms with van der Waals surface area (Å²) in [6.07, 6.45) is 6.77. The maximum absolute atomic E-state index is 12.5. The lowest BCUT2D eigenvalue weighted by Gasteiger charge is -2.27. The molecule has 0 aromatic heterocycles. The zero-order valence-electron chi connectivity index (χ0n) is 14.6. The molecule has 1 aromatic carbocycles. The molecule has 8 heteroatoms. The molecule has 1 saturated carbocycles. The van der Waals surface area contributed by atoms with E-state index in [0.29, 0.717) is 12.3 Å². The van der Waals surface area contributed by atoms with Crippen molar-refractivity contribution in [2.45, 2.75) is 57.4 Å². The minimum atomic E-state index is -0.906. The number of amides is 1. The van der Waals surface area contributed by atoms with Crippen molar-refractivity contribution in [3.63, 3.8) is 0 Å². The fourth-order valence-electron chi connectivity index (χ4n) is 3.48. The van der Waals surface area contributed by atoms with E-state index < -0.39 is 16.8 Å². The molecule has 1 aromatic rings. The number of nitro groups is 1. The maximum Gasteiger partial charge on any atom is 0.303 e. The molecule has 2 rings (SSSR count). The van der Waals surface area contributed by atoms with Gasteiger partial charge in [0.25, 0.3) is 11.6 Å². The molecule has 142 valence electrons. The molecule has 1 aliphatic carbocycles. The van der Waals surface area contributed by atoms with Crippen LogP contribution in [0.3, 0.4) is 0 Å². The van der Waals surface area contributed by atoms with Crippen LogP contribution < -0.4 is 11.1 Å². The quantitative estimate of drug-likeness (QED) is 0.369. The number of rotatable bonds is 8. The highest BCUT2D eigenvalue weighted by Crippen LogP contribution is 2.28. The van der Waals surface area contributed by atoms with Gasteiger partial charge >= 0.3 is 5.97 Å². The first-order valence-electron chi connectivity index (χ1n) is 8.93. The van der Waals surface area contributed by atoms with Gasteiger partial charge in [0.15, 0.2) is 0 Å². The molecule has 26 heavy (non-hydrogen) atoms. The fourth-order valence-corrected chi connectivity index (χ4v) is 3.48. The van der Waals surface area contributed by atoms with Crippen LogP contribution in [0.4, 0.5) is 11.4 Å². The smallest absolute Gasteiger partial charge is 0.303 e. The SMILES string of the molecule is Nc1ccc(C(=O)NC(CCC(=O)O)CC2CCCCC2)cc1[N+](=O)[O-]. The Hall–Kier alpha value is -2.64. The molecule has 1 aliphatic rings. The Kier molecular flexibility index (Phi) is 6.94. The summed E-state index contributed by atoms with van der Waals surface area (Å²) in [6, 6.07) is 3.66. The van der Waals surface area contributed by atoms with Crippen molar-refractivity contribution in [2.24, 2.45) is 5.92 Å². The van der Waals surface area contributed by atoms with Gasteiger partial charge in [-0.1, -0.05) is 32.1 Å². The summed E-state index contributed by atoms with van der Waals surface area (Å²) in [4.78, 5) is 33.8. The minimum Gasteiger partial charge on any atom is -0.481 e. The van der Waals surface area contributed by atoms with E-state index in [1.165, 1.54) is 18.6 Å². The molecule has 0 heterocycles. The molecule has 0 radical (unpaired) electrons. The van der Waals surface area contributed by atoms with Crippen molar-refractivity contribution in [1.82, 2.24) is 5.32 Å². The van der Waals surface area contributed by atoms with Gasteiger partial charge in [0.2, 0.25) is 0 Å². The Morgan fingerprint density at radius 3 is 2.62 bits per heavy atom. The molecule has 1 unspecified atom stereocenters. The van der Waals surface area contributed by atoms with Crippen LogP contribution in [0.15, 0.2) is 18.2 Å². The van der Waals surface area contributed by atoms with E-state index in [2.05, 4.69) is 5.32 Å².